The largest absolute Gasteiger partial charge is 0.386 e. The molecule has 1 aromatic rings. The van der Waals surface area contributed by atoms with Crippen LogP contribution in [0.2, 0.25) is 5.02 Å². The van der Waals surface area contributed by atoms with Crippen LogP contribution in [-0.4, -0.2) is 28.7 Å². The van der Waals surface area contributed by atoms with Crippen molar-refractivity contribution in [3.63, 3.8) is 0 Å². The molecule has 0 spiro atoms. The molecule has 0 bridgehead atoms. The van der Waals surface area contributed by atoms with E-state index in [1.54, 1.807) is 17.0 Å². The van der Waals surface area contributed by atoms with Gasteiger partial charge in [0.15, 0.2) is 0 Å². The van der Waals surface area contributed by atoms with E-state index in [0.717, 1.165) is 0 Å². The summed E-state index contributed by atoms with van der Waals surface area (Å²) in [5.74, 6) is 0. The molecule has 1 heterocycles. The van der Waals surface area contributed by atoms with Crippen LogP contribution in [0, 0.1) is 10.1 Å². The van der Waals surface area contributed by atoms with Gasteiger partial charge in [0.2, 0.25) is 0 Å². The van der Waals surface area contributed by atoms with Crippen LogP contribution in [0.25, 0.3) is 0 Å². The summed E-state index contributed by atoms with van der Waals surface area (Å²) in [6.07, 6.45) is 0.644. The lowest BCUT2D eigenvalue weighted by Gasteiger charge is -2.47. The molecule has 1 N–H and O–H groups in total. The number of anilines is 1. The summed E-state index contributed by atoms with van der Waals surface area (Å²) in [4.78, 5) is 12.2. The maximum Gasteiger partial charge on any atom is 0.294 e. The lowest BCUT2D eigenvalue weighted by Crippen LogP contribution is -2.61. The Balaban J connectivity index is 2.26. The Bertz CT molecular complexity index is 458. The number of nitro benzene ring substituents is 1. The normalized spacial score (nSPS) is 17.7. The number of nitrogens with zero attached hydrogens (tertiary/aromatic N) is 2. The first-order chi connectivity index (χ1) is 7.95. The smallest absolute Gasteiger partial charge is 0.294 e. The molecular weight excluding hydrogens is 244 g/mol. The van der Waals surface area contributed by atoms with Crippen LogP contribution in [0.1, 0.15) is 13.3 Å². The molecule has 17 heavy (non-hydrogen) atoms. The fraction of sp³-hybridized carbons (Fsp3) is 0.455. The van der Waals surface area contributed by atoms with Crippen molar-refractivity contribution in [2.45, 2.75) is 18.9 Å². The fourth-order valence-electron chi connectivity index (χ4n) is 1.97. The Labute approximate surface area is 104 Å². The van der Waals surface area contributed by atoms with Crippen LogP contribution < -0.4 is 4.90 Å². The van der Waals surface area contributed by atoms with Crippen LogP contribution in [-0.2, 0) is 0 Å². The van der Waals surface area contributed by atoms with E-state index in [2.05, 4.69) is 0 Å². The zero-order valence-corrected chi connectivity index (χ0v) is 10.1. The van der Waals surface area contributed by atoms with Crippen molar-refractivity contribution in [3.8, 4) is 0 Å². The predicted molar refractivity (Wildman–Crippen MR) is 65.6 cm³/mol. The molecule has 0 atom stereocenters. The van der Waals surface area contributed by atoms with E-state index in [4.69, 9.17) is 11.6 Å². The van der Waals surface area contributed by atoms with Gasteiger partial charge in [0.05, 0.1) is 10.5 Å². The molecular formula is C11H13ClN2O3. The summed E-state index contributed by atoms with van der Waals surface area (Å²) in [6, 6.07) is 4.57. The van der Waals surface area contributed by atoms with E-state index in [9.17, 15) is 15.2 Å². The first-order valence-electron chi connectivity index (χ1n) is 5.36. The highest BCUT2D eigenvalue weighted by molar-refractivity contribution is 6.30. The SMILES string of the molecule is CCC1(O)CN(c2ccc(Cl)cc2[N+](=O)[O-])C1. The van der Waals surface area contributed by atoms with E-state index < -0.39 is 10.5 Å². The predicted octanol–water partition coefficient (Wildman–Crippen LogP) is 2.21. The van der Waals surface area contributed by atoms with Crippen molar-refractivity contribution in [2.24, 2.45) is 0 Å². The molecule has 0 radical (unpaired) electrons. The highest BCUT2D eigenvalue weighted by Crippen LogP contribution is 2.37. The van der Waals surface area contributed by atoms with Crippen molar-refractivity contribution in [1.82, 2.24) is 0 Å². The van der Waals surface area contributed by atoms with E-state index >= 15 is 0 Å². The number of benzene rings is 1. The first kappa shape index (κ1) is 12.1. The van der Waals surface area contributed by atoms with Gasteiger partial charge < -0.3 is 10.0 Å². The molecule has 0 aromatic heterocycles. The summed E-state index contributed by atoms with van der Waals surface area (Å²) in [5.41, 5.74) is -0.221. The van der Waals surface area contributed by atoms with Crippen molar-refractivity contribution in [3.05, 3.63) is 33.3 Å². The average molecular weight is 257 g/mol. The second kappa shape index (κ2) is 4.16. The zero-order chi connectivity index (χ0) is 12.6. The van der Waals surface area contributed by atoms with Gasteiger partial charge in [0.25, 0.3) is 5.69 Å². The zero-order valence-electron chi connectivity index (χ0n) is 9.39. The first-order valence-corrected chi connectivity index (χ1v) is 5.74. The third-order valence-electron chi connectivity index (χ3n) is 3.10. The molecule has 5 nitrogen and oxygen atoms in total. The van der Waals surface area contributed by atoms with E-state index in [1.807, 2.05) is 6.92 Å². The number of β-amino-alcohol motifs (C(OH)–C–C–N with tert-alkyl or cyclic N) is 1. The van der Waals surface area contributed by atoms with Gasteiger partial charge in [-0.2, -0.15) is 0 Å². The Morgan fingerprint density at radius 1 is 1.59 bits per heavy atom. The van der Waals surface area contributed by atoms with E-state index in [1.165, 1.54) is 6.07 Å². The summed E-state index contributed by atoms with van der Waals surface area (Å²) in [7, 11) is 0. The van der Waals surface area contributed by atoms with E-state index in [0.29, 0.717) is 30.2 Å². The van der Waals surface area contributed by atoms with Gasteiger partial charge in [-0.15, -0.1) is 0 Å². The topological polar surface area (TPSA) is 66.6 Å². The molecule has 2 rings (SSSR count). The Hall–Kier alpha value is -1.33. The van der Waals surface area contributed by atoms with Gasteiger partial charge in [0, 0.05) is 24.2 Å². The lowest BCUT2D eigenvalue weighted by molar-refractivity contribution is -0.384. The Morgan fingerprint density at radius 3 is 2.76 bits per heavy atom. The third-order valence-corrected chi connectivity index (χ3v) is 3.34. The van der Waals surface area contributed by atoms with E-state index in [-0.39, 0.29) is 5.69 Å². The summed E-state index contributed by atoms with van der Waals surface area (Å²) >= 11 is 5.74. The van der Waals surface area contributed by atoms with Gasteiger partial charge >= 0.3 is 0 Å². The summed E-state index contributed by atoms with van der Waals surface area (Å²) < 4.78 is 0. The molecule has 1 aliphatic heterocycles. The van der Waals surface area contributed by atoms with Crippen molar-refractivity contribution < 1.29 is 10.0 Å². The minimum absolute atomic E-state index is 0.0179. The number of rotatable bonds is 3. The highest BCUT2D eigenvalue weighted by atomic mass is 35.5. The van der Waals surface area contributed by atoms with Crippen molar-refractivity contribution in [1.29, 1.82) is 0 Å². The minimum Gasteiger partial charge on any atom is -0.386 e. The molecule has 0 amide bonds. The highest BCUT2D eigenvalue weighted by Gasteiger charge is 2.41. The molecule has 0 unspecified atom stereocenters. The van der Waals surface area contributed by atoms with Gasteiger partial charge in [0.1, 0.15) is 5.69 Å². The van der Waals surface area contributed by atoms with Crippen molar-refractivity contribution >= 4 is 23.0 Å². The van der Waals surface area contributed by atoms with Crippen LogP contribution in [0.3, 0.4) is 0 Å². The fourth-order valence-corrected chi connectivity index (χ4v) is 2.13. The lowest BCUT2D eigenvalue weighted by atomic mass is 9.90. The molecule has 92 valence electrons. The molecule has 0 aliphatic carbocycles. The second-order valence-corrected chi connectivity index (χ2v) is 4.76. The number of hydrogen-bond acceptors (Lipinski definition) is 4. The van der Waals surface area contributed by atoms with Gasteiger partial charge in [-0.3, -0.25) is 10.1 Å². The minimum atomic E-state index is -0.715. The van der Waals surface area contributed by atoms with Gasteiger partial charge in [-0.25, -0.2) is 0 Å². The third kappa shape index (κ3) is 2.21. The Morgan fingerprint density at radius 2 is 2.24 bits per heavy atom. The van der Waals surface area contributed by atoms with Crippen LogP contribution in [0.5, 0.6) is 0 Å². The number of aliphatic hydroxyl groups is 1. The maximum atomic E-state index is 10.9. The van der Waals surface area contributed by atoms with Crippen molar-refractivity contribution in [2.75, 3.05) is 18.0 Å². The molecule has 0 saturated carbocycles. The maximum absolute atomic E-state index is 10.9. The Kier molecular flexibility index (Phi) is 2.97. The molecule has 1 aliphatic rings. The van der Waals surface area contributed by atoms with Crippen LogP contribution in [0.15, 0.2) is 18.2 Å². The summed E-state index contributed by atoms with van der Waals surface area (Å²) in [6.45, 7) is 2.74. The molecule has 1 fully saturated rings. The summed E-state index contributed by atoms with van der Waals surface area (Å²) in [5, 5.41) is 21.1. The van der Waals surface area contributed by atoms with Crippen LogP contribution in [0.4, 0.5) is 11.4 Å². The monoisotopic (exact) mass is 256 g/mol. The quantitative estimate of drug-likeness (QED) is 0.665. The molecule has 1 aromatic carbocycles. The average Bonchev–Trinajstić information content (AvgIpc) is 2.25. The standard InChI is InChI=1S/C11H13ClN2O3/c1-2-11(15)6-13(7-11)9-4-3-8(12)5-10(9)14(16)17/h3-5,15H,2,6-7H2,1H3. The van der Waals surface area contributed by atoms with Crippen LogP contribution >= 0.6 is 11.6 Å². The molecule has 6 heteroatoms. The van der Waals surface area contributed by atoms with Gasteiger partial charge in [-0.1, -0.05) is 18.5 Å². The number of nitro groups is 1. The number of halogens is 1. The second-order valence-electron chi connectivity index (χ2n) is 4.32. The number of hydrogen-bond donors (Lipinski definition) is 1. The van der Waals surface area contributed by atoms with Gasteiger partial charge in [-0.05, 0) is 18.6 Å². The molecule has 1 saturated heterocycles.